The van der Waals surface area contributed by atoms with Gasteiger partial charge in [0.2, 0.25) is 0 Å². The summed E-state index contributed by atoms with van der Waals surface area (Å²) in [5, 5.41) is 7.53. The Labute approximate surface area is 107 Å². The molecule has 0 aliphatic carbocycles. The van der Waals surface area contributed by atoms with E-state index in [2.05, 4.69) is 17.3 Å². The van der Waals surface area contributed by atoms with Crippen molar-refractivity contribution >= 4 is 0 Å². The van der Waals surface area contributed by atoms with Crippen molar-refractivity contribution in [3.8, 4) is 0 Å². The lowest BCUT2D eigenvalue weighted by atomic mass is 10.1. The molecule has 4 heteroatoms. The van der Waals surface area contributed by atoms with E-state index in [1.54, 1.807) is 18.3 Å². The summed E-state index contributed by atoms with van der Waals surface area (Å²) in [6, 6.07) is 9.03. The molecular weight excluding hydrogens is 229 g/mol. The molecule has 2 rings (SSSR count). The molecule has 1 heterocycles. The summed E-state index contributed by atoms with van der Waals surface area (Å²) in [6.45, 7) is 2.87. The highest BCUT2D eigenvalue weighted by Crippen LogP contribution is 2.07. The first-order valence-corrected chi connectivity index (χ1v) is 6.10. The van der Waals surface area contributed by atoms with Crippen LogP contribution in [0, 0.1) is 5.82 Å². The maximum Gasteiger partial charge on any atom is 0.123 e. The van der Waals surface area contributed by atoms with Crippen LogP contribution in [0.25, 0.3) is 0 Å². The lowest BCUT2D eigenvalue weighted by Gasteiger charge is -2.14. The summed E-state index contributed by atoms with van der Waals surface area (Å²) >= 11 is 0. The third kappa shape index (κ3) is 3.40. The minimum atomic E-state index is -0.175. The number of aryl methyl sites for hydroxylation is 1. The van der Waals surface area contributed by atoms with Gasteiger partial charge in [-0.3, -0.25) is 4.68 Å². The third-order valence-corrected chi connectivity index (χ3v) is 2.99. The standard InChI is InChI=1S/C14H18FN3/c1-11(8-12-4-3-5-13(15)9-12)16-10-14-6-7-17-18(14)2/h3-7,9,11,16H,8,10H2,1-2H3. The van der Waals surface area contributed by atoms with E-state index in [4.69, 9.17) is 0 Å². The van der Waals surface area contributed by atoms with Crippen molar-refractivity contribution in [1.29, 1.82) is 0 Å². The van der Waals surface area contributed by atoms with Gasteiger partial charge in [-0.05, 0) is 37.1 Å². The van der Waals surface area contributed by atoms with Gasteiger partial charge in [0, 0.05) is 25.8 Å². The van der Waals surface area contributed by atoms with Gasteiger partial charge in [0.1, 0.15) is 5.82 Å². The Morgan fingerprint density at radius 3 is 2.89 bits per heavy atom. The number of hydrogen-bond acceptors (Lipinski definition) is 2. The predicted molar refractivity (Wildman–Crippen MR) is 69.6 cm³/mol. The number of rotatable bonds is 5. The minimum Gasteiger partial charge on any atom is -0.308 e. The monoisotopic (exact) mass is 247 g/mol. The van der Waals surface area contributed by atoms with Crippen LogP contribution in [0.4, 0.5) is 4.39 Å². The molecule has 18 heavy (non-hydrogen) atoms. The average Bonchev–Trinajstić information content (AvgIpc) is 2.72. The van der Waals surface area contributed by atoms with Crippen molar-refractivity contribution < 1.29 is 4.39 Å². The van der Waals surface area contributed by atoms with Crippen LogP contribution >= 0.6 is 0 Å². The SMILES string of the molecule is CC(Cc1cccc(F)c1)NCc1ccnn1C. The van der Waals surface area contributed by atoms with Crippen LogP contribution in [-0.2, 0) is 20.0 Å². The Kier molecular flexibility index (Phi) is 4.10. The molecule has 0 spiro atoms. The molecule has 0 fully saturated rings. The fraction of sp³-hybridized carbons (Fsp3) is 0.357. The van der Waals surface area contributed by atoms with Gasteiger partial charge in [-0.1, -0.05) is 12.1 Å². The summed E-state index contributed by atoms with van der Waals surface area (Å²) in [5.41, 5.74) is 2.15. The molecule has 1 aromatic carbocycles. The zero-order valence-electron chi connectivity index (χ0n) is 10.7. The molecule has 1 N–H and O–H groups in total. The first kappa shape index (κ1) is 12.8. The minimum absolute atomic E-state index is 0.175. The van der Waals surface area contributed by atoms with Gasteiger partial charge in [0.25, 0.3) is 0 Å². The normalized spacial score (nSPS) is 12.6. The van der Waals surface area contributed by atoms with E-state index in [0.29, 0.717) is 6.04 Å². The second kappa shape index (κ2) is 5.78. The average molecular weight is 247 g/mol. The maximum atomic E-state index is 13.0. The Hall–Kier alpha value is -1.68. The van der Waals surface area contributed by atoms with E-state index in [1.165, 1.54) is 6.07 Å². The summed E-state index contributed by atoms with van der Waals surface area (Å²) in [4.78, 5) is 0. The van der Waals surface area contributed by atoms with Crippen LogP contribution in [0.1, 0.15) is 18.2 Å². The quantitative estimate of drug-likeness (QED) is 0.878. The molecule has 0 aliphatic rings. The fourth-order valence-corrected chi connectivity index (χ4v) is 1.94. The topological polar surface area (TPSA) is 29.9 Å². The number of nitrogens with zero attached hydrogens (tertiary/aromatic N) is 2. The van der Waals surface area contributed by atoms with Crippen molar-refractivity contribution in [2.24, 2.45) is 7.05 Å². The van der Waals surface area contributed by atoms with E-state index in [-0.39, 0.29) is 5.82 Å². The van der Waals surface area contributed by atoms with Crippen LogP contribution in [0.3, 0.4) is 0 Å². The number of benzene rings is 1. The maximum absolute atomic E-state index is 13.0. The molecule has 96 valence electrons. The Morgan fingerprint density at radius 1 is 1.39 bits per heavy atom. The summed E-state index contributed by atoms with van der Waals surface area (Å²) in [7, 11) is 1.92. The van der Waals surface area contributed by atoms with Crippen molar-refractivity contribution in [3.63, 3.8) is 0 Å². The van der Waals surface area contributed by atoms with E-state index >= 15 is 0 Å². The second-order valence-corrected chi connectivity index (χ2v) is 4.56. The summed E-state index contributed by atoms with van der Waals surface area (Å²) in [5.74, 6) is -0.175. The van der Waals surface area contributed by atoms with Gasteiger partial charge in [0.05, 0.1) is 5.69 Å². The van der Waals surface area contributed by atoms with E-state index in [9.17, 15) is 4.39 Å². The first-order chi connectivity index (χ1) is 8.65. The van der Waals surface area contributed by atoms with Crippen LogP contribution in [0.5, 0.6) is 0 Å². The third-order valence-electron chi connectivity index (χ3n) is 2.99. The molecular formula is C14H18FN3. The second-order valence-electron chi connectivity index (χ2n) is 4.56. The first-order valence-electron chi connectivity index (χ1n) is 6.10. The highest BCUT2D eigenvalue weighted by molar-refractivity contribution is 5.17. The van der Waals surface area contributed by atoms with Crippen LogP contribution in [0.15, 0.2) is 36.5 Å². The molecule has 1 unspecified atom stereocenters. The summed E-state index contributed by atoms with van der Waals surface area (Å²) < 4.78 is 14.9. The smallest absolute Gasteiger partial charge is 0.123 e. The molecule has 0 radical (unpaired) electrons. The van der Waals surface area contributed by atoms with Crippen molar-refractivity contribution in [2.45, 2.75) is 25.9 Å². The predicted octanol–water partition coefficient (Wildman–Crippen LogP) is 2.28. The number of aromatic nitrogens is 2. The van der Waals surface area contributed by atoms with Gasteiger partial charge in [0.15, 0.2) is 0 Å². The number of nitrogens with one attached hydrogen (secondary N) is 1. The zero-order valence-corrected chi connectivity index (χ0v) is 10.7. The molecule has 0 saturated carbocycles. The molecule has 0 saturated heterocycles. The highest BCUT2D eigenvalue weighted by Gasteiger charge is 2.05. The molecule has 3 nitrogen and oxygen atoms in total. The highest BCUT2D eigenvalue weighted by atomic mass is 19.1. The Balaban J connectivity index is 1.86. The van der Waals surface area contributed by atoms with Gasteiger partial charge in [-0.25, -0.2) is 4.39 Å². The number of hydrogen-bond donors (Lipinski definition) is 1. The van der Waals surface area contributed by atoms with Gasteiger partial charge < -0.3 is 5.32 Å². The molecule has 0 amide bonds. The van der Waals surface area contributed by atoms with Crippen LogP contribution in [-0.4, -0.2) is 15.8 Å². The molecule has 0 bridgehead atoms. The van der Waals surface area contributed by atoms with E-state index in [1.807, 2.05) is 23.9 Å². The molecule has 0 aliphatic heterocycles. The lowest BCUT2D eigenvalue weighted by Crippen LogP contribution is -2.28. The number of halogens is 1. The van der Waals surface area contributed by atoms with E-state index < -0.39 is 0 Å². The van der Waals surface area contributed by atoms with Crippen molar-refractivity contribution in [2.75, 3.05) is 0 Å². The van der Waals surface area contributed by atoms with Crippen LogP contribution in [0.2, 0.25) is 0 Å². The molecule has 2 aromatic rings. The molecule has 1 aromatic heterocycles. The van der Waals surface area contributed by atoms with Crippen LogP contribution < -0.4 is 5.32 Å². The van der Waals surface area contributed by atoms with Gasteiger partial charge in [-0.15, -0.1) is 0 Å². The summed E-state index contributed by atoms with van der Waals surface area (Å²) in [6.07, 6.45) is 2.60. The fourth-order valence-electron chi connectivity index (χ4n) is 1.94. The largest absolute Gasteiger partial charge is 0.308 e. The Bertz CT molecular complexity index is 507. The molecule has 1 atom stereocenters. The zero-order chi connectivity index (χ0) is 13.0. The van der Waals surface area contributed by atoms with Crippen molar-refractivity contribution in [1.82, 2.24) is 15.1 Å². The van der Waals surface area contributed by atoms with Gasteiger partial charge in [-0.2, -0.15) is 5.10 Å². The Morgan fingerprint density at radius 2 is 2.22 bits per heavy atom. The van der Waals surface area contributed by atoms with E-state index in [0.717, 1.165) is 24.2 Å². The lowest BCUT2D eigenvalue weighted by molar-refractivity contribution is 0.524. The van der Waals surface area contributed by atoms with Gasteiger partial charge >= 0.3 is 0 Å². The van der Waals surface area contributed by atoms with Crippen molar-refractivity contribution in [3.05, 3.63) is 53.6 Å².